The van der Waals surface area contributed by atoms with Crippen molar-refractivity contribution in [3.8, 4) is 11.3 Å². The number of hydrogen-bond acceptors (Lipinski definition) is 3. The maximum Gasteiger partial charge on any atom is 0.252 e. The summed E-state index contributed by atoms with van der Waals surface area (Å²) in [5.74, 6) is -3.23. The number of halogens is 3. The molecule has 0 fully saturated rings. The fourth-order valence-electron chi connectivity index (χ4n) is 2.80. The first-order valence-corrected chi connectivity index (χ1v) is 8.43. The largest absolute Gasteiger partial charge is 0.302 e. The van der Waals surface area contributed by atoms with Gasteiger partial charge in [-0.25, -0.2) is 13.2 Å². The van der Waals surface area contributed by atoms with Crippen LogP contribution in [-0.4, -0.2) is 16.9 Å². The van der Waals surface area contributed by atoms with E-state index in [4.69, 9.17) is 0 Å². The molecule has 4 nitrogen and oxygen atoms in total. The summed E-state index contributed by atoms with van der Waals surface area (Å²) in [6.07, 6.45) is 3.07. The van der Waals surface area contributed by atoms with Crippen molar-refractivity contribution in [2.45, 2.75) is 45.8 Å². The van der Waals surface area contributed by atoms with Crippen molar-refractivity contribution in [1.29, 1.82) is 0 Å². The summed E-state index contributed by atoms with van der Waals surface area (Å²) in [7, 11) is 0. The lowest BCUT2D eigenvalue weighted by Gasteiger charge is -2.19. The molecule has 1 aromatic heterocycles. The van der Waals surface area contributed by atoms with E-state index in [1.165, 1.54) is 12.1 Å². The lowest BCUT2D eigenvalue weighted by atomic mass is 10.0. The number of aromatic nitrogens is 1. The Kier molecular flexibility index (Phi) is 6.74. The molecule has 1 aromatic carbocycles. The number of aryl methyl sites for hydroxylation is 1. The van der Waals surface area contributed by atoms with Crippen LogP contribution in [0.2, 0.25) is 0 Å². The highest BCUT2D eigenvalue weighted by Gasteiger charge is 2.20. The summed E-state index contributed by atoms with van der Waals surface area (Å²) in [5, 5.41) is 2.92. The van der Waals surface area contributed by atoms with E-state index >= 15 is 0 Å². The van der Waals surface area contributed by atoms with Gasteiger partial charge < -0.3 is 4.79 Å². The topological polar surface area (TPSA) is 51.1 Å². The van der Waals surface area contributed by atoms with Crippen molar-refractivity contribution in [3.05, 3.63) is 57.6 Å². The highest BCUT2D eigenvalue weighted by Crippen LogP contribution is 2.28. The van der Waals surface area contributed by atoms with Gasteiger partial charge in [0.15, 0.2) is 0 Å². The number of nitrogens with zero attached hydrogens (tertiary/aromatic N) is 1. The van der Waals surface area contributed by atoms with Crippen LogP contribution in [0.3, 0.4) is 0 Å². The van der Waals surface area contributed by atoms with Gasteiger partial charge in [0.05, 0.1) is 24.0 Å². The minimum atomic E-state index is -1.09. The van der Waals surface area contributed by atoms with Crippen LogP contribution >= 0.6 is 0 Å². The molecule has 2 rings (SSSR count). The van der Waals surface area contributed by atoms with Gasteiger partial charge in [-0.3, -0.25) is 14.7 Å². The van der Waals surface area contributed by atoms with Gasteiger partial charge in [-0.05, 0) is 18.9 Å². The van der Waals surface area contributed by atoms with E-state index in [9.17, 15) is 22.8 Å². The number of carbonyl (C=O) groups excluding carboxylic acids is 1. The molecule has 2 aromatic rings. The maximum absolute atomic E-state index is 14.2. The second-order valence-corrected chi connectivity index (χ2v) is 6.12. The lowest BCUT2D eigenvalue weighted by Crippen LogP contribution is -2.36. The number of nitrogens with one attached hydrogen (secondary N) is 1. The van der Waals surface area contributed by atoms with E-state index in [1.54, 1.807) is 6.92 Å². The van der Waals surface area contributed by atoms with Crippen LogP contribution in [0, 0.1) is 24.4 Å². The fourth-order valence-corrected chi connectivity index (χ4v) is 2.80. The number of benzene rings is 1. The van der Waals surface area contributed by atoms with Gasteiger partial charge in [-0.15, -0.1) is 0 Å². The van der Waals surface area contributed by atoms with Crippen LogP contribution in [0.25, 0.3) is 11.3 Å². The van der Waals surface area contributed by atoms with Crippen LogP contribution in [0.5, 0.6) is 0 Å². The minimum absolute atomic E-state index is 0.0140. The summed E-state index contributed by atoms with van der Waals surface area (Å²) in [6, 6.07) is 3.40. The normalized spacial score (nSPS) is 12.2. The molecule has 1 heterocycles. The van der Waals surface area contributed by atoms with Gasteiger partial charge in [-0.2, -0.15) is 0 Å². The molecule has 140 valence electrons. The molecule has 0 aliphatic rings. The molecule has 26 heavy (non-hydrogen) atoms. The first kappa shape index (κ1) is 19.9. The number of rotatable bonds is 8. The summed E-state index contributed by atoms with van der Waals surface area (Å²) < 4.78 is 42.9. The van der Waals surface area contributed by atoms with Crippen molar-refractivity contribution in [2.24, 2.45) is 0 Å². The molecule has 0 aliphatic heterocycles. The highest BCUT2D eigenvalue weighted by molar-refractivity contribution is 5.65. The Balaban J connectivity index is 2.47. The first-order chi connectivity index (χ1) is 12.4. The molecule has 0 aliphatic carbocycles. The average Bonchev–Trinajstić information content (AvgIpc) is 2.58. The molecule has 0 amide bonds. The van der Waals surface area contributed by atoms with Crippen LogP contribution in [0.4, 0.5) is 13.2 Å². The Morgan fingerprint density at radius 3 is 2.42 bits per heavy atom. The second kappa shape index (κ2) is 8.80. The standard InChI is InChI=1S/C19H21F3N2O2/c1-3-4-5-14(10-25)23-11-24-17(26)7-6-12(2)19(24)18-15(21)8-13(20)9-16(18)22/h6-10,14,23H,3-5,11H2,1-2H3/t14-/m0/s1. The highest BCUT2D eigenvalue weighted by atomic mass is 19.1. The summed E-state index contributed by atoms with van der Waals surface area (Å²) >= 11 is 0. The van der Waals surface area contributed by atoms with E-state index in [0.717, 1.165) is 23.7 Å². The Morgan fingerprint density at radius 2 is 1.85 bits per heavy atom. The number of carbonyl (C=O) groups is 1. The molecular formula is C19H21F3N2O2. The first-order valence-electron chi connectivity index (χ1n) is 8.43. The quantitative estimate of drug-likeness (QED) is 0.727. The lowest BCUT2D eigenvalue weighted by molar-refractivity contribution is -0.109. The molecule has 0 spiro atoms. The van der Waals surface area contributed by atoms with Gasteiger partial charge in [0, 0.05) is 18.2 Å². The third-order valence-electron chi connectivity index (χ3n) is 4.17. The zero-order valence-electron chi connectivity index (χ0n) is 14.7. The molecule has 1 atom stereocenters. The van der Waals surface area contributed by atoms with Crippen molar-refractivity contribution >= 4 is 6.29 Å². The van der Waals surface area contributed by atoms with E-state index in [2.05, 4.69) is 5.32 Å². The Labute approximate surface area is 149 Å². The molecular weight excluding hydrogens is 345 g/mol. The number of aldehydes is 1. The van der Waals surface area contributed by atoms with Gasteiger partial charge in [0.1, 0.15) is 23.7 Å². The van der Waals surface area contributed by atoms with Crippen LogP contribution in [0.1, 0.15) is 31.7 Å². The van der Waals surface area contributed by atoms with E-state index in [0.29, 0.717) is 24.1 Å². The van der Waals surface area contributed by atoms with Crippen LogP contribution in [0.15, 0.2) is 29.1 Å². The zero-order chi connectivity index (χ0) is 19.3. The molecule has 0 unspecified atom stereocenters. The number of unbranched alkanes of at least 4 members (excludes halogenated alkanes) is 1. The Bertz CT molecular complexity index is 826. The summed E-state index contributed by atoms with van der Waals surface area (Å²) in [5.41, 5.74) is -0.492. The molecule has 7 heteroatoms. The molecule has 0 radical (unpaired) electrons. The predicted molar refractivity (Wildman–Crippen MR) is 93.3 cm³/mol. The third kappa shape index (κ3) is 4.40. The fraction of sp³-hybridized carbons (Fsp3) is 0.368. The monoisotopic (exact) mass is 366 g/mol. The smallest absolute Gasteiger partial charge is 0.252 e. The maximum atomic E-state index is 14.2. The number of hydrogen-bond donors (Lipinski definition) is 1. The molecule has 0 bridgehead atoms. The van der Waals surface area contributed by atoms with Crippen LogP contribution in [-0.2, 0) is 11.5 Å². The minimum Gasteiger partial charge on any atom is -0.302 e. The number of pyridine rings is 1. The SMILES string of the molecule is CCCC[C@@H](C=O)NCn1c(-c2c(F)cc(F)cc2F)c(C)ccc1=O. The Hall–Kier alpha value is -2.41. The Morgan fingerprint density at radius 1 is 1.19 bits per heavy atom. The van der Waals surface area contributed by atoms with Crippen molar-refractivity contribution in [1.82, 2.24) is 9.88 Å². The summed E-state index contributed by atoms with van der Waals surface area (Å²) in [6.45, 7) is 3.49. The van der Waals surface area contributed by atoms with Crippen molar-refractivity contribution < 1.29 is 18.0 Å². The van der Waals surface area contributed by atoms with Crippen molar-refractivity contribution in [2.75, 3.05) is 0 Å². The average molecular weight is 366 g/mol. The second-order valence-electron chi connectivity index (χ2n) is 6.12. The van der Waals surface area contributed by atoms with E-state index in [1.807, 2.05) is 6.92 Å². The molecule has 1 N–H and O–H groups in total. The van der Waals surface area contributed by atoms with Crippen molar-refractivity contribution in [3.63, 3.8) is 0 Å². The van der Waals surface area contributed by atoms with Gasteiger partial charge >= 0.3 is 0 Å². The van der Waals surface area contributed by atoms with Gasteiger partial charge in [0.2, 0.25) is 0 Å². The third-order valence-corrected chi connectivity index (χ3v) is 4.17. The summed E-state index contributed by atoms with van der Waals surface area (Å²) in [4.78, 5) is 23.5. The zero-order valence-corrected chi connectivity index (χ0v) is 14.7. The molecule has 0 saturated carbocycles. The predicted octanol–water partition coefficient (Wildman–Crippen LogP) is 3.55. The van der Waals surface area contributed by atoms with Gasteiger partial charge in [-0.1, -0.05) is 25.8 Å². The van der Waals surface area contributed by atoms with Crippen LogP contribution < -0.4 is 10.9 Å². The van der Waals surface area contributed by atoms with Gasteiger partial charge in [0.25, 0.3) is 5.56 Å². The van der Waals surface area contributed by atoms with E-state index < -0.39 is 34.6 Å². The molecule has 0 saturated heterocycles. The van der Waals surface area contributed by atoms with E-state index in [-0.39, 0.29) is 12.4 Å².